The van der Waals surface area contributed by atoms with Gasteiger partial charge < -0.3 is 9.47 Å². The van der Waals surface area contributed by atoms with Crippen LogP contribution in [0, 0.1) is 0 Å². The highest BCUT2D eigenvalue weighted by Crippen LogP contribution is 2.30. The summed E-state index contributed by atoms with van der Waals surface area (Å²) >= 11 is 1.63. The van der Waals surface area contributed by atoms with Gasteiger partial charge in [-0.2, -0.15) is 16.3 Å². The second kappa shape index (κ2) is 7.64. The van der Waals surface area contributed by atoms with Crippen LogP contribution in [0.15, 0.2) is 65.4 Å². The Hall–Kier alpha value is -2.76. The van der Waals surface area contributed by atoms with Crippen LogP contribution in [0.3, 0.4) is 0 Å². The summed E-state index contributed by atoms with van der Waals surface area (Å²) in [6.07, 6.45) is 0.884. The molecule has 0 saturated heterocycles. The summed E-state index contributed by atoms with van der Waals surface area (Å²) in [6, 6.07) is 18.0. The molecule has 2 aromatic heterocycles. The predicted octanol–water partition coefficient (Wildman–Crippen LogP) is 5.34. The maximum absolute atomic E-state index is 6.11. The first-order chi connectivity index (χ1) is 12.8. The number of hydrogen-bond acceptors (Lipinski definition) is 5. The summed E-state index contributed by atoms with van der Waals surface area (Å²) in [5, 5.41) is 4.96. The van der Waals surface area contributed by atoms with E-state index in [1.54, 1.807) is 18.4 Å². The number of thiophene rings is 1. The third-order valence-electron chi connectivity index (χ3n) is 4.08. The minimum Gasteiger partial charge on any atom is -0.438 e. The molecule has 0 saturated carbocycles. The maximum atomic E-state index is 6.11. The number of para-hydroxylation sites is 1. The van der Waals surface area contributed by atoms with Gasteiger partial charge in [0.15, 0.2) is 5.82 Å². The topological polar surface area (TPSA) is 44.2 Å². The molecule has 0 aliphatic carbocycles. The Kier molecular flexibility index (Phi) is 4.91. The van der Waals surface area contributed by atoms with Crippen molar-refractivity contribution < 1.29 is 9.47 Å². The fourth-order valence-corrected chi connectivity index (χ4v) is 3.34. The van der Waals surface area contributed by atoms with Crippen molar-refractivity contribution in [3.05, 3.63) is 70.9 Å². The molecule has 0 fully saturated rings. The highest BCUT2D eigenvalue weighted by Gasteiger charge is 2.11. The average molecular weight is 362 g/mol. The third kappa shape index (κ3) is 3.59. The lowest BCUT2D eigenvalue weighted by atomic mass is 10.1. The second-order valence-corrected chi connectivity index (χ2v) is 6.65. The van der Waals surface area contributed by atoms with E-state index in [0.717, 1.165) is 28.6 Å². The highest BCUT2D eigenvalue weighted by molar-refractivity contribution is 7.08. The Morgan fingerprint density at radius 3 is 2.58 bits per heavy atom. The fraction of sp³-hybridized carbons (Fsp3) is 0.143. The van der Waals surface area contributed by atoms with Crippen LogP contribution in [0.5, 0.6) is 11.6 Å². The summed E-state index contributed by atoms with van der Waals surface area (Å²) in [4.78, 5) is 9.33. The normalized spacial score (nSPS) is 11.0. The van der Waals surface area contributed by atoms with Crippen molar-refractivity contribution in [2.75, 3.05) is 13.7 Å². The fourth-order valence-electron chi connectivity index (χ4n) is 2.70. The van der Waals surface area contributed by atoms with Crippen molar-refractivity contribution in [3.8, 4) is 23.0 Å². The molecule has 0 atom stereocenters. The van der Waals surface area contributed by atoms with Gasteiger partial charge in [-0.3, -0.25) is 0 Å². The standard InChI is InChI=1S/C21H18N2O2S/c1-24-12-10-15-6-8-17(9-7-15)25-21-18-4-2-3-5-19(18)22-20(23-21)16-11-13-26-14-16/h2-9,11,13-14H,10,12H2,1H3. The van der Waals surface area contributed by atoms with Crippen LogP contribution in [0.2, 0.25) is 0 Å². The predicted molar refractivity (Wildman–Crippen MR) is 105 cm³/mol. The molecular formula is C21H18N2O2S. The number of rotatable bonds is 6. The number of benzene rings is 2. The van der Waals surface area contributed by atoms with Gasteiger partial charge in [0.1, 0.15) is 5.75 Å². The molecule has 0 unspecified atom stereocenters. The van der Waals surface area contributed by atoms with E-state index >= 15 is 0 Å². The lowest BCUT2D eigenvalue weighted by Gasteiger charge is -2.10. The molecule has 0 spiro atoms. The van der Waals surface area contributed by atoms with E-state index in [4.69, 9.17) is 9.47 Å². The van der Waals surface area contributed by atoms with Crippen molar-refractivity contribution in [2.24, 2.45) is 0 Å². The van der Waals surface area contributed by atoms with E-state index in [1.807, 2.05) is 53.2 Å². The van der Waals surface area contributed by atoms with Gasteiger partial charge in [0, 0.05) is 18.1 Å². The van der Waals surface area contributed by atoms with Crippen LogP contribution in [0.1, 0.15) is 5.56 Å². The molecule has 2 aromatic carbocycles. The Morgan fingerprint density at radius 2 is 1.81 bits per heavy atom. The van der Waals surface area contributed by atoms with E-state index in [0.29, 0.717) is 18.3 Å². The molecule has 2 heterocycles. The van der Waals surface area contributed by atoms with Gasteiger partial charge in [-0.05, 0) is 47.7 Å². The molecule has 4 rings (SSSR count). The molecule has 0 radical (unpaired) electrons. The minimum absolute atomic E-state index is 0.571. The number of ether oxygens (including phenoxy) is 2. The first-order valence-corrected chi connectivity index (χ1v) is 9.33. The molecule has 0 aliphatic heterocycles. The van der Waals surface area contributed by atoms with Gasteiger partial charge >= 0.3 is 0 Å². The van der Waals surface area contributed by atoms with Crippen molar-refractivity contribution in [2.45, 2.75) is 6.42 Å². The van der Waals surface area contributed by atoms with E-state index < -0.39 is 0 Å². The molecule has 4 nitrogen and oxygen atoms in total. The van der Waals surface area contributed by atoms with E-state index in [9.17, 15) is 0 Å². The van der Waals surface area contributed by atoms with Crippen LogP contribution in [0.4, 0.5) is 0 Å². The van der Waals surface area contributed by atoms with Gasteiger partial charge in [0.05, 0.1) is 17.5 Å². The third-order valence-corrected chi connectivity index (χ3v) is 4.76. The number of nitrogens with zero attached hydrogens (tertiary/aromatic N) is 2. The van der Waals surface area contributed by atoms with Crippen LogP contribution in [0.25, 0.3) is 22.3 Å². The summed E-state index contributed by atoms with van der Waals surface area (Å²) < 4.78 is 11.2. The first kappa shape index (κ1) is 16.7. The summed E-state index contributed by atoms with van der Waals surface area (Å²) in [5.41, 5.74) is 3.08. The van der Waals surface area contributed by atoms with Gasteiger partial charge in [-0.15, -0.1) is 0 Å². The lowest BCUT2D eigenvalue weighted by Crippen LogP contribution is -1.96. The van der Waals surface area contributed by atoms with Crippen LogP contribution >= 0.6 is 11.3 Å². The summed E-state index contributed by atoms with van der Waals surface area (Å²) in [6.45, 7) is 0.709. The van der Waals surface area contributed by atoms with Gasteiger partial charge in [-0.25, -0.2) is 4.98 Å². The van der Waals surface area contributed by atoms with Crippen LogP contribution in [-0.4, -0.2) is 23.7 Å². The number of aromatic nitrogens is 2. The molecule has 26 heavy (non-hydrogen) atoms. The molecular weight excluding hydrogens is 344 g/mol. The molecule has 0 amide bonds. The molecule has 5 heteroatoms. The Labute approximate surface area is 156 Å². The minimum atomic E-state index is 0.571. The van der Waals surface area contributed by atoms with Gasteiger partial charge in [0.2, 0.25) is 5.88 Å². The SMILES string of the molecule is COCCc1ccc(Oc2nc(-c3ccsc3)nc3ccccc23)cc1. The lowest BCUT2D eigenvalue weighted by molar-refractivity contribution is 0.202. The Balaban J connectivity index is 1.69. The smallest absolute Gasteiger partial charge is 0.230 e. The van der Waals surface area contributed by atoms with Crippen molar-refractivity contribution in [1.29, 1.82) is 0 Å². The van der Waals surface area contributed by atoms with Crippen LogP contribution in [-0.2, 0) is 11.2 Å². The Morgan fingerprint density at radius 1 is 0.962 bits per heavy atom. The van der Waals surface area contributed by atoms with Crippen LogP contribution < -0.4 is 4.74 Å². The average Bonchev–Trinajstić information content (AvgIpc) is 3.22. The number of methoxy groups -OCH3 is 1. The molecule has 130 valence electrons. The van der Waals surface area contributed by atoms with Crippen molar-refractivity contribution in [1.82, 2.24) is 9.97 Å². The molecule has 0 aliphatic rings. The van der Waals surface area contributed by atoms with Gasteiger partial charge in [0.25, 0.3) is 0 Å². The van der Waals surface area contributed by atoms with E-state index in [1.165, 1.54) is 5.56 Å². The number of fused-ring (bicyclic) bond motifs is 1. The highest BCUT2D eigenvalue weighted by atomic mass is 32.1. The van der Waals surface area contributed by atoms with Gasteiger partial charge in [-0.1, -0.05) is 24.3 Å². The quantitative estimate of drug-likeness (QED) is 0.464. The summed E-state index contributed by atoms with van der Waals surface area (Å²) in [5.74, 6) is 2.00. The maximum Gasteiger partial charge on any atom is 0.230 e. The summed E-state index contributed by atoms with van der Waals surface area (Å²) in [7, 11) is 1.71. The second-order valence-electron chi connectivity index (χ2n) is 5.87. The molecule has 4 aromatic rings. The molecule has 0 bridgehead atoms. The monoisotopic (exact) mass is 362 g/mol. The van der Waals surface area contributed by atoms with Crippen molar-refractivity contribution in [3.63, 3.8) is 0 Å². The van der Waals surface area contributed by atoms with E-state index in [-0.39, 0.29) is 0 Å². The molecule has 0 N–H and O–H groups in total. The largest absolute Gasteiger partial charge is 0.438 e. The Bertz CT molecular complexity index is 998. The number of hydrogen-bond donors (Lipinski definition) is 0. The van der Waals surface area contributed by atoms with E-state index in [2.05, 4.69) is 22.1 Å². The van der Waals surface area contributed by atoms with Crippen molar-refractivity contribution >= 4 is 22.2 Å². The zero-order valence-corrected chi connectivity index (χ0v) is 15.2. The zero-order chi connectivity index (χ0) is 17.8. The first-order valence-electron chi connectivity index (χ1n) is 8.38. The zero-order valence-electron chi connectivity index (χ0n) is 14.4.